The lowest BCUT2D eigenvalue weighted by Crippen LogP contribution is -2.34. The van der Waals surface area contributed by atoms with E-state index in [1.54, 1.807) is 47.9 Å². The van der Waals surface area contributed by atoms with Gasteiger partial charge in [0.2, 0.25) is 0 Å². The van der Waals surface area contributed by atoms with Crippen LogP contribution in [0.4, 0.5) is 0 Å². The SMILES string of the molecule is CN(C)[C@H](CNC(=O)c1ccc(-n2ccnc2)nc1)c1ccco1. The predicted molar refractivity (Wildman–Crippen MR) is 88.8 cm³/mol. The number of likely N-dealkylation sites (N-methyl/N-ethyl adjacent to an activating group) is 1. The van der Waals surface area contributed by atoms with E-state index in [0.29, 0.717) is 17.9 Å². The van der Waals surface area contributed by atoms with Gasteiger partial charge in [0.05, 0.1) is 17.9 Å². The van der Waals surface area contributed by atoms with E-state index in [1.807, 2.05) is 31.1 Å². The second kappa shape index (κ2) is 7.10. The number of hydrogen-bond acceptors (Lipinski definition) is 5. The molecule has 1 amide bonds. The summed E-state index contributed by atoms with van der Waals surface area (Å²) in [5.41, 5.74) is 0.510. The molecule has 3 heterocycles. The number of nitrogens with one attached hydrogen (secondary N) is 1. The van der Waals surface area contributed by atoms with Crippen molar-refractivity contribution in [2.24, 2.45) is 0 Å². The van der Waals surface area contributed by atoms with Gasteiger partial charge in [-0.1, -0.05) is 0 Å². The average Bonchev–Trinajstić information content (AvgIpc) is 3.28. The van der Waals surface area contributed by atoms with E-state index in [4.69, 9.17) is 4.42 Å². The van der Waals surface area contributed by atoms with Crippen molar-refractivity contribution in [2.75, 3.05) is 20.6 Å². The maximum absolute atomic E-state index is 12.3. The summed E-state index contributed by atoms with van der Waals surface area (Å²) in [7, 11) is 3.89. The van der Waals surface area contributed by atoms with Crippen LogP contribution in [0.15, 0.2) is 59.9 Å². The molecular weight excluding hydrogens is 306 g/mol. The number of furan rings is 1. The van der Waals surface area contributed by atoms with E-state index in [9.17, 15) is 4.79 Å². The first-order valence-electron chi connectivity index (χ1n) is 7.57. The van der Waals surface area contributed by atoms with Crippen LogP contribution in [0.2, 0.25) is 0 Å². The van der Waals surface area contributed by atoms with Gasteiger partial charge in [-0.05, 0) is 38.4 Å². The largest absolute Gasteiger partial charge is 0.468 e. The average molecular weight is 325 g/mol. The fraction of sp³-hybridized carbons (Fsp3) is 0.235. The highest BCUT2D eigenvalue weighted by molar-refractivity contribution is 5.93. The van der Waals surface area contributed by atoms with Crippen LogP contribution in [0.25, 0.3) is 5.82 Å². The van der Waals surface area contributed by atoms with Gasteiger partial charge in [0, 0.05) is 25.1 Å². The lowest BCUT2D eigenvalue weighted by Gasteiger charge is -2.22. The van der Waals surface area contributed by atoms with Gasteiger partial charge < -0.3 is 9.73 Å². The Hall–Kier alpha value is -2.93. The van der Waals surface area contributed by atoms with Gasteiger partial charge in [0.15, 0.2) is 0 Å². The third-order valence-corrected chi connectivity index (χ3v) is 3.73. The van der Waals surface area contributed by atoms with Gasteiger partial charge in [0.1, 0.15) is 17.9 Å². The summed E-state index contributed by atoms with van der Waals surface area (Å²) in [4.78, 5) is 22.6. The Balaban J connectivity index is 1.64. The Morgan fingerprint density at radius 1 is 1.38 bits per heavy atom. The molecule has 0 bridgehead atoms. The molecule has 1 N–H and O–H groups in total. The molecule has 0 unspecified atom stereocenters. The van der Waals surface area contributed by atoms with E-state index in [0.717, 1.165) is 5.76 Å². The highest BCUT2D eigenvalue weighted by atomic mass is 16.3. The van der Waals surface area contributed by atoms with Gasteiger partial charge in [-0.3, -0.25) is 14.3 Å². The topological polar surface area (TPSA) is 76.2 Å². The van der Waals surface area contributed by atoms with Gasteiger partial charge in [-0.15, -0.1) is 0 Å². The Kier molecular flexibility index (Phi) is 4.72. The molecule has 7 heteroatoms. The number of aromatic nitrogens is 3. The van der Waals surface area contributed by atoms with Crippen LogP contribution in [-0.4, -0.2) is 46.0 Å². The minimum Gasteiger partial charge on any atom is -0.468 e. The van der Waals surface area contributed by atoms with Crippen LogP contribution >= 0.6 is 0 Å². The fourth-order valence-corrected chi connectivity index (χ4v) is 2.38. The second-order valence-electron chi connectivity index (χ2n) is 5.58. The summed E-state index contributed by atoms with van der Waals surface area (Å²) >= 11 is 0. The minimum absolute atomic E-state index is 0.0258. The number of amides is 1. The molecule has 3 aromatic rings. The van der Waals surface area contributed by atoms with Crippen LogP contribution in [0.3, 0.4) is 0 Å². The molecule has 3 aromatic heterocycles. The standard InChI is InChI=1S/C17H19N5O2/c1-21(2)14(15-4-3-9-24-15)11-20-17(23)13-5-6-16(19-10-13)22-8-7-18-12-22/h3-10,12,14H,11H2,1-2H3,(H,20,23)/t14-/m1/s1. The Bertz CT molecular complexity index is 764. The quantitative estimate of drug-likeness (QED) is 0.749. The summed E-state index contributed by atoms with van der Waals surface area (Å²) in [5.74, 6) is 1.36. The predicted octanol–water partition coefficient (Wildman–Crippen LogP) is 1.89. The highest BCUT2D eigenvalue weighted by Crippen LogP contribution is 2.17. The van der Waals surface area contributed by atoms with Gasteiger partial charge in [-0.2, -0.15) is 0 Å². The zero-order chi connectivity index (χ0) is 16.9. The molecule has 0 fully saturated rings. The zero-order valence-electron chi connectivity index (χ0n) is 13.6. The molecule has 0 aliphatic carbocycles. The minimum atomic E-state index is -0.168. The van der Waals surface area contributed by atoms with Crippen LogP contribution in [0.5, 0.6) is 0 Å². The smallest absolute Gasteiger partial charge is 0.252 e. The van der Waals surface area contributed by atoms with Crippen LogP contribution < -0.4 is 5.32 Å². The van der Waals surface area contributed by atoms with Crippen molar-refractivity contribution in [3.8, 4) is 5.82 Å². The maximum atomic E-state index is 12.3. The lowest BCUT2D eigenvalue weighted by molar-refractivity contribution is 0.0938. The summed E-state index contributed by atoms with van der Waals surface area (Å²) in [6.07, 6.45) is 8.33. The summed E-state index contributed by atoms with van der Waals surface area (Å²) < 4.78 is 7.22. The van der Waals surface area contributed by atoms with Crippen molar-refractivity contribution in [2.45, 2.75) is 6.04 Å². The highest BCUT2D eigenvalue weighted by Gasteiger charge is 2.18. The number of rotatable bonds is 6. The van der Waals surface area contributed by atoms with Gasteiger partial charge in [0.25, 0.3) is 5.91 Å². The van der Waals surface area contributed by atoms with Crippen molar-refractivity contribution in [1.29, 1.82) is 0 Å². The molecule has 0 saturated carbocycles. The zero-order valence-corrected chi connectivity index (χ0v) is 13.6. The van der Waals surface area contributed by atoms with E-state index in [1.165, 1.54) is 0 Å². The van der Waals surface area contributed by atoms with E-state index >= 15 is 0 Å². The second-order valence-corrected chi connectivity index (χ2v) is 5.58. The first-order chi connectivity index (χ1) is 11.6. The molecule has 3 rings (SSSR count). The first kappa shape index (κ1) is 15.9. The molecule has 0 aliphatic rings. The molecule has 0 radical (unpaired) electrons. The Morgan fingerprint density at radius 2 is 2.25 bits per heavy atom. The number of hydrogen-bond donors (Lipinski definition) is 1. The number of carbonyl (C=O) groups excluding carboxylic acids is 1. The van der Waals surface area contributed by atoms with E-state index in [-0.39, 0.29) is 11.9 Å². The third-order valence-electron chi connectivity index (χ3n) is 3.73. The summed E-state index contributed by atoms with van der Waals surface area (Å²) in [5, 5.41) is 2.92. The monoisotopic (exact) mass is 325 g/mol. The van der Waals surface area contributed by atoms with Crippen LogP contribution in [-0.2, 0) is 0 Å². The molecule has 124 valence electrons. The first-order valence-corrected chi connectivity index (χ1v) is 7.57. The molecule has 7 nitrogen and oxygen atoms in total. The van der Waals surface area contributed by atoms with Crippen molar-refractivity contribution >= 4 is 5.91 Å². The molecule has 1 atom stereocenters. The van der Waals surface area contributed by atoms with E-state index < -0.39 is 0 Å². The van der Waals surface area contributed by atoms with Crippen molar-refractivity contribution in [3.63, 3.8) is 0 Å². The van der Waals surface area contributed by atoms with Crippen molar-refractivity contribution in [3.05, 3.63) is 66.8 Å². The Labute approximate surface area is 139 Å². The number of nitrogens with zero attached hydrogens (tertiary/aromatic N) is 4. The Morgan fingerprint density at radius 3 is 2.83 bits per heavy atom. The summed E-state index contributed by atoms with van der Waals surface area (Å²) in [6.45, 7) is 0.447. The van der Waals surface area contributed by atoms with Gasteiger partial charge in [-0.25, -0.2) is 9.97 Å². The molecule has 0 aromatic carbocycles. The molecule has 24 heavy (non-hydrogen) atoms. The van der Waals surface area contributed by atoms with Gasteiger partial charge >= 0.3 is 0 Å². The molecular formula is C17H19N5O2. The third kappa shape index (κ3) is 3.52. The van der Waals surface area contributed by atoms with Crippen LogP contribution in [0, 0.1) is 0 Å². The lowest BCUT2D eigenvalue weighted by atomic mass is 10.2. The maximum Gasteiger partial charge on any atom is 0.252 e. The number of imidazole rings is 1. The van der Waals surface area contributed by atoms with Crippen LogP contribution in [0.1, 0.15) is 22.2 Å². The number of pyridine rings is 1. The summed E-state index contributed by atoms with van der Waals surface area (Å²) in [6, 6.07) is 7.24. The van der Waals surface area contributed by atoms with Crippen molar-refractivity contribution in [1.82, 2.24) is 24.8 Å². The molecule has 0 spiro atoms. The van der Waals surface area contributed by atoms with Crippen molar-refractivity contribution < 1.29 is 9.21 Å². The fourth-order valence-electron chi connectivity index (χ4n) is 2.38. The normalized spacial score (nSPS) is 12.3. The molecule has 0 aliphatic heterocycles. The van der Waals surface area contributed by atoms with E-state index in [2.05, 4.69) is 15.3 Å². The molecule has 0 saturated heterocycles. The number of carbonyl (C=O) groups is 1.